The Balaban J connectivity index is 1.42. The van der Waals surface area contributed by atoms with E-state index in [-0.39, 0.29) is 5.91 Å². The summed E-state index contributed by atoms with van der Waals surface area (Å²) in [5, 5.41) is 4.32. The van der Waals surface area contributed by atoms with Gasteiger partial charge in [0.05, 0.1) is 11.3 Å². The maximum Gasteiger partial charge on any atom is 0.256 e. The summed E-state index contributed by atoms with van der Waals surface area (Å²) in [6, 6.07) is 18.7. The lowest BCUT2D eigenvalue weighted by atomic mass is 9.88. The molecule has 3 heterocycles. The Kier molecular flexibility index (Phi) is 4.47. The summed E-state index contributed by atoms with van der Waals surface area (Å²) in [6.45, 7) is 4.85. The number of benzene rings is 2. The van der Waals surface area contributed by atoms with Gasteiger partial charge in [-0.1, -0.05) is 36.4 Å². The van der Waals surface area contributed by atoms with Crippen LogP contribution in [0.2, 0.25) is 0 Å². The highest BCUT2D eigenvalue weighted by Crippen LogP contribution is 2.45. The van der Waals surface area contributed by atoms with Crippen molar-refractivity contribution in [3.8, 4) is 5.69 Å². The van der Waals surface area contributed by atoms with Crippen LogP contribution in [0.15, 0.2) is 67.0 Å². The highest BCUT2D eigenvalue weighted by atomic mass is 16.2. The van der Waals surface area contributed by atoms with Gasteiger partial charge in [-0.05, 0) is 49.2 Å². The third kappa shape index (κ3) is 3.06. The van der Waals surface area contributed by atoms with Crippen LogP contribution in [0.1, 0.15) is 27.5 Å². The number of para-hydroxylation sites is 1. The minimum Gasteiger partial charge on any atom is -0.338 e. The predicted octanol–water partition coefficient (Wildman–Crippen LogP) is 3.56. The van der Waals surface area contributed by atoms with Crippen LogP contribution in [0, 0.1) is 18.8 Å². The summed E-state index contributed by atoms with van der Waals surface area (Å²) < 4.78 is 1.77. The fourth-order valence-corrected chi connectivity index (χ4v) is 5.25. The number of likely N-dealkylation sites (tertiary alicyclic amines) is 2. The first kappa shape index (κ1) is 18.1. The summed E-state index contributed by atoms with van der Waals surface area (Å²) in [7, 11) is 2.22. The number of aryl methyl sites for hydroxylation is 1. The van der Waals surface area contributed by atoms with Crippen molar-refractivity contribution < 1.29 is 4.79 Å². The van der Waals surface area contributed by atoms with Crippen molar-refractivity contribution in [3.05, 3.63) is 83.7 Å². The molecule has 148 valence electrons. The number of carbonyl (C=O) groups excluding carboxylic acids is 1. The van der Waals surface area contributed by atoms with Gasteiger partial charge < -0.3 is 4.90 Å². The van der Waals surface area contributed by atoms with Gasteiger partial charge in [0.25, 0.3) is 5.91 Å². The third-order valence-corrected chi connectivity index (χ3v) is 6.57. The standard InChI is InChI=1S/C24H26N4O/c1-17-8-3-4-9-19(17)23-21-16-27(15-18(21)14-26(23)2)24(29)20-10-5-6-11-22(20)28-13-7-12-25-28/h3-13,18,21,23H,14-16H2,1-2H3/t18-,21+,23+/m0/s1. The quantitative estimate of drug-likeness (QED) is 0.691. The summed E-state index contributed by atoms with van der Waals surface area (Å²) in [5.74, 6) is 1.10. The lowest BCUT2D eigenvalue weighted by Gasteiger charge is -2.28. The van der Waals surface area contributed by atoms with Gasteiger partial charge in [0.1, 0.15) is 0 Å². The van der Waals surface area contributed by atoms with Gasteiger partial charge >= 0.3 is 0 Å². The van der Waals surface area contributed by atoms with Crippen molar-refractivity contribution in [3.63, 3.8) is 0 Å². The van der Waals surface area contributed by atoms with Crippen LogP contribution < -0.4 is 0 Å². The summed E-state index contributed by atoms with van der Waals surface area (Å²) >= 11 is 0. The number of aromatic nitrogens is 2. The monoisotopic (exact) mass is 386 g/mol. The van der Waals surface area contributed by atoms with Gasteiger partial charge in [0, 0.05) is 44.0 Å². The SMILES string of the molecule is Cc1ccccc1[C@@H]1[C@@H]2CN(C(=O)c3ccccc3-n3cccn3)C[C@@H]2CN1C. The fourth-order valence-electron chi connectivity index (χ4n) is 5.25. The molecule has 3 aromatic rings. The predicted molar refractivity (Wildman–Crippen MR) is 113 cm³/mol. The largest absolute Gasteiger partial charge is 0.338 e. The van der Waals surface area contributed by atoms with Gasteiger partial charge in [-0.3, -0.25) is 9.69 Å². The molecule has 0 bridgehead atoms. The number of hydrogen-bond acceptors (Lipinski definition) is 3. The molecule has 1 aromatic heterocycles. The van der Waals surface area contributed by atoms with E-state index in [2.05, 4.69) is 53.1 Å². The molecule has 5 rings (SSSR count). The van der Waals surface area contributed by atoms with E-state index in [1.54, 1.807) is 10.9 Å². The molecule has 2 fully saturated rings. The molecule has 2 aliphatic heterocycles. The maximum absolute atomic E-state index is 13.5. The smallest absolute Gasteiger partial charge is 0.256 e. The van der Waals surface area contributed by atoms with Crippen LogP contribution in [0.4, 0.5) is 0 Å². The second kappa shape index (κ2) is 7.16. The second-order valence-corrected chi connectivity index (χ2v) is 8.34. The van der Waals surface area contributed by atoms with E-state index in [1.807, 2.05) is 36.5 Å². The lowest BCUT2D eigenvalue weighted by molar-refractivity contribution is 0.0767. The Morgan fingerprint density at radius 1 is 1.00 bits per heavy atom. The molecule has 0 saturated carbocycles. The highest BCUT2D eigenvalue weighted by molar-refractivity contribution is 5.98. The maximum atomic E-state index is 13.5. The van der Waals surface area contributed by atoms with Crippen LogP contribution in [-0.4, -0.2) is 52.2 Å². The van der Waals surface area contributed by atoms with Gasteiger partial charge in [-0.2, -0.15) is 5.10 Å². The van der Waals surface area contributed by atoms with Gasteiger partial charge in [-0.15, -0.1) is 0 Å². The van der Waals surface area contributed by atoms with Crippen molar-refractivity contribution in [2.75, 3.05) is 26.7 Å². The minimum atomic E-state index is 0.108. The highest BCUT2D eigenvalue weighted by Gasteiger charge is 2.47. The average molecular weight is 386 g/mol. The van der Waals surface area contributed by atoms with Crippen LogP contribution in [0.3, 0.4) is 0 Å². The van der Waals surface area contributed by atoms with E-state index in [0.717, 1.165) is 30.9 Å². The average Bonchev–Trinajstić information content (AvgIpc) is 3.45. The third-order valence-electron chi connectivity index (χ3n) is 6.57. The molecule has 0 spiro atoms. The van der Waals surface area contributed by atoms with Crippen molar-refractivity contribution >= 4 is 5.91 Å². The fraction of sp³-hybridized carbons (Fsp3) is 0.333. The molecule has 2 aliphatic rings. The van der Waals surface area contributed by atoms with Crippen LogP contribution in [0.25, 0.3) is 5.69 Å². The first-order chi connectivity index (χ1) is 14.1. The summed E-state index contributed by atoms with van der Waals surface area (Å²) in [5.41, 5.74) is 4.29. The second-order valence-electron chi connectivity index (χ2n) is 8.34. The van der Waals surface area contributed by atoms with Crippen LogP contribution in [-0.2, 0) is 0 Å². The molecule has 2 saturated heterocycles. The molecular formula is C24H26N4O. The van der Waals surface area contributed by atoms with E-state index in [9.17, 15) is 4.79 Å². The molecule has 29 heavy (non-hydrogen) atoms. The van der Waals surface area contributed by atoms with E-state index in [0.29, 0.717) is 17.9 Å². The first-order valence-corrected chi connectivity index (χ1v) is 10.3. The topological polar surface area (TPSA) is 41.4 Å². The minimum absolute atomic E-state index is 0.108. The molecule has 0 unspecified atom stereocenters. The van der Waals surface area contributed by atoms with Crippen molar-refractivity contribution in [1.82, 2.24) is 19.6 Å². The zero-order valence-corrected chi connectivity index (χ0v) is 16.9. The van der Waals surface area contributed by atoms with Gasteiger partial charge in [0.15, 0.2) is 0 Å². The number of carbonyl (C=O) groups is 1. The molecule has 5 heteroatoms. The van der Waals surface area contributed by atoms with Gasteiger partial charge in [0.2, 0.25) is 0 Å². The summed E-state index contributed by atoms with van der Waals surface area (Å²) in [4.78, 5) is 18.0. The number of nitrogens with zero attached hydrogens (tertiary/aromatic N) is 4. The van der Waals surface area contributed by atoms with Gasteiger partial charge in [-0.25, -0.2) is 4.68 Å². The van der Waals surface area contributed by atoms with E-state index >= 15 is 0 Å². The van der Waals surface area contributed by atoms with Crippen molar-refractivity contribution in [2.24, 2.45) is 11.8 Å². The molecule has 2 aromatic carbocycles. The van der Waals surface area contributed by atoms with Crippen LogP contribution >= 0.6 is 0 Å². The number of fused-ring (bicyclic) bond motifs is 1. The van der Waals surface area contributed by atoms with Crippen LogP contribution in [0.5, 0.6) is 0 Å². The van der Waals surface area contributed by atoms with Crippen molar-refractivity contribution in [2.45, 2.75) is 13.0 Å². The van der Waals surface area contributed by atoms with Crippen molar-refractivity contribution in [1.29, 1.82) is 0 Å². The molecule has 0 N–H and O–H groups in total. The lowest BCUT2D eigenvalue weighted by Crippen LogP contribution is -2.34. The van der Waals surface area contributed by atoms with E-state index in [4.69, 9.17) is 0 Å². The molecule has 5 nitrogen and oxygen atoms in total. The Morgan fingerprint density at radius 2 is 1.79 bits per heavy atom. The first-order valence-electron chi connectivity index (χ1n) is 10.3. The zero-order valence-electron chi connectivity index (χ0n) is 16.9. The summed E-state index contributed by atoms with van der Waals surface area (Å²) in [6.07, 6.45) is 3.62. The molecular weight excluding hydrogens is 360 g/mol. The normalized spacial score (nSPS) is 24.1. The Morgan fingerprint density at radius 3 is 2.59 bits per heavy atom. The number of amides is 1. The number of rotatable bonds is 3. The Hall–Kier alpha value is -2.92. The Labute approximate surface area is 171 Å². The molecule has 0 radical (unpaired) electrons. The zero-order chi connectivity index (χ0) is 20.0. The van der Waals surface area contributed by atoms with E-state index in [1.165, 1.54) is 11.1 Å². The van der Waals surface area contributed by atoms with E-state index < -0.39 is 0 Å². The Bertz CT molecular complexity index is 1030. The molecule has 1 amide bonds. The molecule has 3 atom stereocenters. The number of hydrogen-bond donors (Lipinski definition) is 0. The molecule has 0 aliphatic carbocycles.